The number of aryl methyl sites for hydroxylation is 8. The molecule has 0 saturated heterocycles. The molecule has 5 aromatic heterocycles. The van der Waals surface area contributed by atoms with Crippen LogP contribution in [0.4, 0.5) is 0 Å². The van der Waals surface area contributed by atoms with Gasteiger partial charge in [-0.25, -0.2) is 9.97 Å². The molecule has 0 spiro atoms. The predicted octanol–water partition coefficient (Wildman–Crippen LogP) is 12.6. The van der Waals surface area contributed by atoms with E-state index in [-0.39, 0.29) is 0 Å². The third kappa shape index (κ3) is 5.45. The van der Waals surface area contributed by atoms with Crippen molar-refractivity contribution in [2.24, 2.45) is 0 Å². The standard InChI is InChI=1S/C46H56N6/c1-13-29-23(7)35-19-39-31(15-3)25(9)43(49-39)44-26(10)32(16-4)40(50-44)20-36-24(8)30(14-2)38(48-36)22-42-34(18-6)28(12)46(52-42)45-27(11)33(17-5)41(51-45)21-37(29)47-35/h19-22,47-48,51-52H,13-18H2,1-12H3. The number of rotatable bonds is 6. The summed E-state index contributed by atoms with van der Waals surface area (Å²) >= 11 is 0. The predicted molar refractivity (Wildman–Crippen MR) is 224 cm³/mol. The van der Waals surface area contributed by atoms with Gasteiger partial charge in [-0.2, -0.15) is 0 Å². The van der Waals surface area contributed by atoms with Crippen LogP contribution in [0.25, 0.3) is 66.4 Å². The van der Waals surface area contributed by atoms with E-state index in [2.05, 4.69) is 127 Å². The fourth-order valence-electron chi connectivity index (χ4n) is 9.14. The van der Waals surface area contributed by atoms with E-state index >= 15 is 0 Å². The van der Waals surface area contributed by atoms with Crippen LogP contribution in [0.3, 0.4) is 0 Å². The maximum atomic E-state index is 5.36. The average molecular weight is 693 g/mol. The first kappa shape index (κ1) is 35.6. The summed E-state index contributed by atoms with van der Waals surface area (Å²) in [6.07, 6.45) is 5.61. The van der Waals surface area contributed by atoms with Crippen LogP contribution < -0.4 is 0 Å². The number of allylic oxidation sites excluding steroid dienone is 4. The fourth-order valence-corrected chi connectivity index (χ4v) is 9.14. The molecule has 5 aromatic rings. The zero-order chi connectivity index (χ0) is 37.2. The molecule has 12 bridgehead atoms. The largest absolute Gasteiger partial charge is 0.355 e. The van der Waals surface area contributed by atoms with Gasteiger partial charge in [-0.15, -0.1) is 0 Å². The second-order valence-electron chi connectivity index (χ2n) is 14.7. The number of hydrogen-bond acceptors (Lipinski definition) is 2. The lowest BCUT2D eigenvalue weighted by Crippen LogP contribution is -1.88. The molecule has 7 heterocycles. The van der Waals surface area contributed by atoms with Crippen molar-refractivity contribution in [2.45, 2.75) is 122 Å². The van der Waals surface area contributed by atoms with Gasteiger partial charge in [-0.05, 0) is 171 Å². The average Bonchev–Trinajstić information content (AvgIpc) is 3.92. The van der Waals surface area contributed by atoms with Crippen molar-refractivity contribution >= 4 is 66.4 Å². The van der Waals surface area contributed by atoms with E-state index in [0.29, 0.717) is 0 Å². The van der Waals surface area contributed by atoms with Crippen molar-refractivity contribution in [1.82, 2.24) is 29.9 Å². The molecule has 2 aliphatic rings. The zero-order valence-electron chi connectivity index (χ0n) is 33.4. The lowest BCUT2D eigenvalue weighted by atomic mass is 9.99. The van der Waals surface area contributed by atoms with Crippen LogP contribution in [0.5, 0.6) is 0 Å². The third-order valence-corrected chi connectivity index (χ3v) is 12.2. The molecule has 52 heavy (non-hydrogen) atoms. The second-order valence-corrected chi connectivity index (χ2v) is 14.7. The molecule has 0 aliphatic carbocycles. The summed E-state index contributed by atoms with van der Waals surface area (Å²) < 4.78 is 0. The minimum absolute atomic E-state index is 0.911. The third-order valence-electron chi connectivity index (χ3n) is 12.2. The molecule has 0 amide bonds. The molecule has 2 aliphatic heterocycles. The lowest BCUT2D eigenvalue weighted by Gasteiger charge is -2.02. The summed E-state index contributed by atoms with van der Waals surface area (Å²) in [6, 6.07) is 9.22. The van der Waals surface area contributed by atoms with E-state index in [9.17, 15) is 0 Å². The molecule has 6 nitrogen and oxygen atoms in total. The molecule has 270 valence electrons. The van der Waals surface area contributed by atoms with Crippen molar-refractivity contribution in [1.29, 1.82) is 0 Å². The first-order valence-corrected chi connectivity index (χ1v) is 19.6. The molecule has 0 aromatic carbocycles. The Morgan fingerprint density at radius 3 is 1.04 bits per heavy atom. The van der Waals surface area contributed by atoms with Crippen LogP contribution in [0, 0.1) is 27.7 Å². The van der Waals surface area contributed by atoms with Crippen molar-refractivity contribution in [3.05, 3.63) is 91.5 Å². The monoisotopic (exact) mass is 692 g/mol. The summed E-state index contributed by atoms with van der Waals surface area (Å²) in [5, 5.41) is 0. The van der Waals surface area contributed by atoms with Crippen molar-refractivity contribution in [3.8, 4) is 0 Å². The Labute approximate surface area is 308 Å². The molecular weight excluding hydrogens is 637 g/mol. The molecule has 7 rings (SSSR count). The fraction of sp³-hybridized carbons (Fsp3) is 0.391. The molecule has 0 atom stereocenters. The second kappa shape index (κ2) is 13.6. The van der Waals surface area contributed by atoms with Gasteiger partial charge in [0.15, 0.2) is 0 Å². The quantitative estimate of drug-likeness (QED) is 0.143. The van der Waals surface area contributed by atoms with Crippen molar-refractivity contribution in [2.75, 3.05) is 0 Å². The van der Waals surface area contributed by atoms with Crippen LogP contribution >= 0.6 is 0 Å². The Balaban J connectivity index is 1.71. The van der Waals surface area contributed by atoms with E-state index < -0.39 is 0 Å². The maximum Gasteiger partial charge on any atom is 0.0929 e. The normalized spacial score (nSPS) is 13.3. The van der Waals surface area contributed by atoms with E-state index in [4.69, 9.17) is 9.97 Å². The van der Waals surface area contributed by atoms with Gasteiger partial charge in [0, 0.05) is 33.1 Å². The molecule has 0 unspecified atom stereocenters. The van der Waals surface area contributed by atoms with Gasteiger partial charge in [0.2, 0.25) is 0 Å². The van der Waals surface area contributed by atoms with Gasteiger partial charge in [0.1, 0.15) is 0 Å². The highest BCUT2D eigenvalue weighted by Crippen LogP contribution is 2.40. The smallest absolute Gasteiger partial charge is 0.0929 e. The van der Waals surface area contributed by atoms with Gasteiger partial charge in [-0.1, -0.05) is 41.5 Å². The minimum atomic E-state index is 0.911. The van der Waals surface area contributed by atoms with Crippen LogP contribution in [0.2, 0.25) is 0 Å². The summed E-state index contributed by atoms with van der Waals surface area (Å²) in [4.78, 5) is 26.2. The topological polar surface area (TPSA) is 88.9 Å². The van der Waals surface area contributed by atoms with Gasteiger partial charge >= 0.3 is 0 Å². The Hall–Kier alpha value is -4.84. The minimum Gasteiger partial charge on any atom is -0.355 e. The molecule has 6 heteroatoms. The molecule has 0 radical (unpaired) electrons. The number of nitrogens with zero attached hydrogens (tertiary/aromatic N) is 2. The highest BCUT2D eigenvalue weighted by Gasteiger charge is 2.25. The summed E-state index contributed by atoms with van der Waals surface area (Å²) in [6.45, 7) is 27.0. The number of hydrogen-bond donors (Lipinski definition) is 4. The SMILES string of the molecule is CCC1=C(C)c2nc1cc1[nH]c(cc3[nH]c(c(C)c3CC)c3[nH]c(cc4[nH]c(cc5nc2C(C)=C5CC)c(C)c4CC)c(CC)c3C)c(CC)c1C. The van der Waals surface area contributed by atoms with Crippen LogP contribution in [-0.2, 0) is 25.7 Å². The van der Waals surface area contributed by atoms with Gasteiger partial charge in [0.05, 0.1) is 33.8 Å². The molecule has 0 saturated carbocycles. The van der Waals surface area contributed by atoms with E-state index in [1.54, 1.807) is 0 Å². The van der Waals surface area contributed by atoms with Crippen LogP contribution in [0.1, 0.15) is 136 Å². The molecule has 0 fully saturated rings. The van der Waals surface area contributed by atoms with Gasteiger partial charge in [-0.3, -0.25) is 0 Å². The van der Waals surface area contributed by atoms with Crippen LogP contribution in [0.15, 0.2) is 24.3 Å². The van der Waals surface area contributed by atoms with Gasteiger partial charge in [0.25, 0.3) is 0 Å². The van der Waals surface area contributed by atoms with E-state index in [1.165, 1.54) is 88.9 Å². The Bertz CT molecular complexity index is 2410. The number of aromatic nitrogens is 6. The summed E-state index contributed by atoms with van der Waals surface area (Å²) in [5.74, 6) is 0. The Morgan fingerprint density at radius 2 is 0.712 bits per heavy atom. The zero-order valence-corrected chi connectivity index (χ0v) is 33.4. The highest BCUT2D eigenvalue weighted by molar-refractivity contribution is 6.00. The first-order valence-electron chi connectivity index (χ1n) is 19.6. The Morgan fingerprint density at radius 1 is 0.385 bits per heavy atom. The number of fused-ring (bicyclic) bond motifs is 14. The number of aromatic amines is 4. The van der Waals surface area contributed by atoms with Gasteiger partial charge < -0.3 is 19.9 Å². The van der Waals surface area contributed by atoms with Crippen molar-refractivity contribution < 1.29 is 0 Å². The number of nitrogens with one attached hydrogen (secondary N) is 4. The lowest BCUT2D eigenvalue weighted by molar-refractivity contribution is 1.14. The molecular formula is C46H56N6. The van der Waals surface area contributed by atoms with E-state index in [1.807, 2.05) is 0 Å². The molecule has 4 N–H and O–H groups in total. The van der Waals surface area contributed by atoms with E-state index in [0.717, 1.165) is 83.4 Å². The number of H-pyrrole nitrogens is 4. The van der Waals surface area contributed by atoms with Crippen molar-refractivity contribution in [3.63, 3.8) is 0 Å². The van der Waals surface area contributed by atoms with Crippen LogP contribution in [-0.4, -0.2) is 29.9 Å². The Kier molecular flexibility index (Phi) is 9.31. The highest BCUT2D eigenvalue weighted by atomic mass is 14.8. The first-order chi connectivity index (χ1) is 25.0. The summed E-state index contributed by atoms with van der Waals surface area (Å²) in [7, 11) is 0. The maximum absolute atomic E-state index is 5.36. The summed E-state index contributed by atoms with van der Waals surface area (Å²) in [5.41, 5.74) is 28.9.